The second kappa shape index (κ2) is 7.81. The summed E-state index contributed by atoms with van der Waals surface area (Å²) in [5, 5.41) is 9.17. The summed E-state index contributed by atoms with van der Waals surface area (Å²) in [6, 6.07) is 5.48. The normalized spacial score (nSPS) is 10.9. The Bertz CT molecular complexity index is 460. The lowest BCUT2D eigenvalue weighted by atomic mass is 10.2. The van der Waals surface area contributed by atoms with Gasteiger partial charge in [0.1, 0.15) is 0 Å². The molecular formula is C14H18ClNO3. The topological polar surface area (TPSA) is 49.8 Å². The predicted octanol–water partition coefficient (Wildman–Crippen LogP) is 2.91. The van der Waals surface area contributed by atoms with Crippen molar-refractivity contribution in [1.82, 2.24) is 0 Å². The van der Waals surface area contributed by atoms with Crippen molar-refractivity contribution in [2.45, 2.75) is 6.42 Å². The third-order valence-electron chi connectivity index (χ3n) is 2.64. The van der Waals surface area contributed by atoms with Crippen molar-refractivity contribution < 1.29 is 14.6 Å². The number of anilines is 1. The number of carboxylic acid groups (broad SMARTS) is 1. The van der Waals surface area contributed by atoms with Crippen LogP contribution < -0.4 is 4.90 Å². The van der Waals surface area contributed by atoms with E-state index in [1.165, 1.54) is 6.08 Å². The summed E-state index contributed by atoms with van der Waals surface area (Å²) in [6.45, 7) is 1.55. The first kappa shape index (κ1) is 15.5. The van der Waals surface area contributed by atoms with Crippen LogP contribution in [0.2, 0.25) is 5.02 Å². The Morgan fingerprint density at radius 3 is 2.84 bits per heavy atom. The minimum atomic E-state index is -0.975. The lowest BCUT2D eigenvalue weighted by molar-refractivity contribution is -0.131. The van der Waals surface area contributed by atoms with Crippen LogP contribution in [-0.4, -0.2) is 38.4 Å². The third-order valence-corrected chi connectivity index (χ3v) is 2.95. The summed E-state index contributed by atoms with van der Waals surface area (Å²) in [5.74, 6) is -0.975. The quantitative estimate of drug-likeness (QED) is 0.617. The van der Waals surface area contributed by atoms with Gasteiger partial charge in [0.25, 0.3) is 0 Å². The smallest absolute Gasteiger partial charge is 0.328 e. The van der Waals surface area contributed by atoms with Crippen molar-refractivity contribution in [1.29, 1.82) is 0 Å². The summed E-state index contributed by atoms with van der Waals surface area (Å²) in [7, 11) is 3.64. The number of hydrogen-bond acceptors (Lipinski definition) is 3. The molecule has 0 amide bonds. The third kappa shape index (κ3) is 5.32. The number of methoxy groups -OCH3 is 1. The Labute approximate surface area is 118 Å². The van der Waals surface area contributed by atoms with Gasteiger partial charge in [-0.3, -0.25) is 0 Å². The molecule has 19 heavy (non-hydrogen) atoms. The number of aliphatic carboxylic acids is 1. The molecule has 0 unspecified atom stereocenters. The van der Waals surface area contributed by atoms with E-state index < -0.39 is 5.97 Å². The minimum Gasteiger partial charge on any atom is -0.478 e. The molecule has 0 saturated carbocycles. The largest absolute Gasteiger partial charge is 0.478 e. The molecule has 4 nitrogen and oxygen atoms in total. The van der Waals surface area contributed by atoms with Crippen LogP contribution in [0.5, 0.6) is 0 Å². The van der Waals surface area contributed by atoms with E-state index in [-0.39, 0.29) is 0 Å². The predicted molar refractivity (Wildman–Crippen MR) is 77.9 cm³/mol. The number of carboxylic acids is 1. The van der Waals surface area contributed by atoms with Gasteiger partial charge in [0.05, 0.1) is 10.7 Å². The van der Waals surface area contributed by atoms with Gasteiger partial charge < -0.3 is 14.7 Å². The van der Waals surface area contributed by atoms with Crippen LogP contribution in [-0.2, 0) is 9.53 Å². The summed E-state index contributed by atoms with van der Waals surface area (Å²) in [4.78, 5) is 12.5. The maximum atomic E-state index is 10.4. The van der Waals surface area contributed by atoms with Gasteiger partial charge in [-0.2, -0.15) is 0 Å². The van der Waals surface area contributed by atoms with Gasteiger partial charge in [-0.25, -0.2) is 4.79 Å². The Balaban J connectivity index is 2.73. The molecule has 0 bridgehead atoms. The fourth-order valence-corrected chi connectivity index (χ4v) is 2.00. The zero-order valence-corrected chi connectivity index (χ0v) is 11.9. The van der Waals surface area contributed by atoms with E-state index in [4.69, 9.17) is 21.4 Å². The van der Waals surface area contributed by atoms with Gasteiger partial charge in [-0.15, -0.1) is 0 Å². The lowest BCUT2D eigenvalue weighted by Gasteiger charge is -2.20. The van der Waals surface area contributed by atoms with Crippen molar-refractivity contribution >= 4 is 29.3 Å². The first-order valence-corrected chi connectivity index (χ1v) is 6.33. The molecule has 0 aromatic heterocycles. The maximum absolute atomic E-state index is 10.4. The van der Waals surface area contributed by atoms with E-state index in [1.807, 2.05) is 24.1 Å². The van der Waals surface area contributed by atoms with Crippen LogP contribution in [0.3, 0.4) is 0 Å². The number of halogens is 1. The molecule has 0 heterocycles. The van der Waals surface area contributed by atoms with Crippen LogP contribution >= 0.6 is 11.6 Å². The highest BCUT2D eigenvalue weighted by atomic mass is 35.5. The monoisotopic (exact) mass is 283 g/mol. The highest BCUT2D eigenvalue weighted by Gasteiger charge is 2.06. The van der Waals surface area contributed by atoms with Gasteiger partial charge in [0.15, 0.2) is 0 Å². The maximum Gasteiger partial charge on any atom is 0.328 e. The SMILES string of the molecule is COCCCN(C)c1ccc(/C=C/C(=O)O)cc1Cl. The van der Waals surface area contributed by atoms with E-state index in [2.05, 4.69) is 0 Å². The fourth-order valence-electron chi connectivity index (χ4n) is 1.67. The molecule has 0 atom stereocenters. The molecule has 104 valence electrons. The molecule has 1 aromatic carbocycles. The van der Waals surface area contributed by atoms with Gasteiger partial charge in [0, 0.05) is 33.4 Å². The second-order valence-electron chi connectivity index (χ2n) is 4.15. The first-order valence-electron chi connectivity index (χ1n) is 5.95. The lowest BCUT2D eigenvalue weighted by Crippen LogP contribution is -2.20. The van der Waals surface area contributed by atoms with E-state index >= 15 is 0 Å². The van der Waals surface area contributed by atoms with Gasteiger partial charge in [0.2, 0.25) is 0 Å². The Morgan fingerprint density at radius 2 is 2.26 bits per heavy atom. The number of nitrogens with zero attached hydrogens (tertiary/aromatic N) is 1. The fraction of sp³-hybridized carbons (Fsp3) is 0.357. The number of ether oxygens (including phenoxy) is 1. The number of carbonyl (C=O) groups is 1. The van der Waals surface area contributed by atoms with Gasteiger partial charge >= 0.3 is 5.97 Å². The summed E-state index contributed by atoms with van der Waals surface area (Å²) >= 11 is 6.20. The average molecular weight is 284 g/mol. The van der Waals surface area contributed by atoms with Crippen LogP contribution in [0.1, 0.15) is 12.0 Å². The highest BCUT2D eigenvalue weighted by molar-refractivity contribution is 6.33. The van der Waals surface area contributed by atoms with Crippen LogP contribution in [0, 0.1) is 0 Å². The van der Waals surface area contributed by atoms with Crippen LogP contribution in [0.15, 0.2) is 24.3 Å². The van der Waals surface area contributed by atoms with E-state index in [0.29, 0.717) is 11.6 Å². The Kier molecular flexibility index (Phi) is 6.39. The minimum absolute atomic E-state index is 0.604. The summed E-state index contributed by atoms with van der Waals surface area (Å²) < 4.78 is 5.01. The van der Waals surface area contributed by atoms with Gasteiger partial charge in [-0.1, -0.05) is 17.7 Å². The second-order valence-corrected chi connectivity index (χ2v) is 4.56. The molecular weight excluding hydrogens is 266 g/mol. The zero-order valence-electron chi connectivity index (χ0n) is 11.1. The van der Waals surface area contributed by atoms with Crippen molar-refractivity contribution in [2.24, 2.45) is 0 Å². The molecule has 0 radical (unpaired) electrons. The van der Waals surface area contributed by atoms with E-state index in [9.17, 15) is 4.79 Å². The molecule has 0 saturated heterocycles. The highest BCUT2D eigenvalue weighted by Crippen LogP contribution is 2.26. The molecule has 5 heteroatoms. The average Bonchev–Trinajstić information content (AvgIpc) is 2.36. The van der Waals surface area contributed by atoms with Crippen molar-refractivity contribution in [3.63, 3.8) is 0 Å². The molecule has 0 aliphatic heterocycles. The molecule has 0 fully saturated rings. The number of hydrogen-bond donors (Lipinski definition) is 1. The molecule has 0 spiro atoms. The van der Waals surface area contributed by atoms with E-state index in [0.717, 1.165) is 30.3 Å². The summed E-state index contributed by atoms with van der Waals surface area (Å²) in [6.07, 6.45) is 3.53. The zero-order chi connectivity index (χ0) is 14.3. The van der Waals surface area contributed by atoms with Crippen molar-refractivity contribution in [2.75, 3.05) is 32.2 Å². The van der Waals surface area contributed by atoms with E-state index in [1.54, 1.807) is 13.2 Å². The van der Waals surface area contributed by atoms with Crippen LogP contribution in [0.25, 0.3) is 6.08 Å². The standard InChI is InChI=1S/C14H18ClNO3/c1-16(8-3-9-19-2)13-6-4-11(10-12(13)15)5-7-14(17)18/h4-7,10H,3,8-9H2,1-2H3,(H,17,18)/b7-5+. The van der Waals surface area contributed by atoms with Gasteiger partial charge in [-0.05, 0) is 30.2 Å². The number of rotatable bonds is 7. The molecule has 1 N–H and O–H groups in total. The summed E-state index contributed by atoms with van der Waals surface area (Å²) in [5.41, 5.74) is 1.69. The molecule has 0 aliphatic carbocycles. The molecule has 0 aliphatic rings. The molecule has 1 aromatic rings. The van der Waals surface area contributed by atoms with Crippen molar-refractivity contribution in [3.8, 4) is 0 Å². The first-order chi connectivity index (χ1) is 9.04. The van der Waals surface area contributed by atoms with Crippen molar-refractivity contribution in [3.05, 3.63) is 34.9 Å². The molecule has 1 rings (SSSR count). The van der Waals surface area contributed by atoms with Crippen LogP contribution in [0.4, 0.5) is 5.69 Å². The Hall–Kier alpha value is -1.52. The Morgan fingerprint density at radius 1 is 1.53 bits per heavy atom. The number of benzene rings is 1.